The number of aliphatic hydroxyl groups excluding tert-OH is 1. The third kappa shape index (κ3) is 6.63. The molecule has 1 saturated heterocycles. The van der Waals surface area contributed by atoms with E-state index >= 15 is 0 Å². The van der Waals surface area contributed by atoms with Crippen LogP contribution in [0.5, 0.6) is 0 Å². The topological polar surface area (TPSA) is 116 Å². The molecule has 40 heavy (non-hydrogen) atoms. The number of nitrogens with one attached hydrogen (secondary N) is 1. The smallest absolute Gasteiger partial charge is 0.240 e. The van der Waals surface area contributed by atoms with Gasteiger partial charge in [-0.2, -0.15) is 0 Å². The number of aliphatic hydroxyl groups is 1. The van der Waals surface area contributed by atoms with Crippen LogP contribution in [0.4, 0.5) is 0 Å². The van der Waals surface area contributed by atoms with Crippen molar-refractivity contribution in [1.29, 1.82) is 0 Å². The fourth-order valence-corrected chi connectivity index (χ4v) is 6.61. The van der Waals surface area contributed by atoms with Crippen LogP contribution in [0.15, 0.2) is 95.2 Å². The predicted molar refractivity (Wildman–Crippen MR) is 152 cm³/mol. The van der Waals surface area contributed by atoms with E-state index in [-0.39, 0.29) is 36.2 Å². The van der Waals surface area contributed by atoms with Crippen molar-refractivity contribution in [2.45, 2.75) is 48.6 Å². The molecule has 9 nitrogen and oxygen atoms in total. The summed E-state index contributed by atoms with van der Waals surface area (Å²) in [7, 11) is -1.69. The quantitative estimate of drug-likeness (QED) is 0.266. The number of rotatable bonds is 10. The fraction of sp³-hybridized carbons (Fsp3) is 0.310. The molecule has 210 valence electrons. The van der Waals surface area contributed by atoms with Crippen molar-refractivity contribution in [3.05, 3.63) is 107 Å². The van der Waals surface area contributed by atoms with E-state index in [1.165, 1.54) is 0 Å². The lowest BCUT2D eigenvalue weighted by molar-refractivity contribution is -0.268. The monoisotopic (exact) mass is 580 g/mol. The van der Waals surface area contributed by atoms with E-state index in [4.69, 9.17) is 9.47 Å². The molecule has 4 atom stereocenters. The van der Waals surface area contributed by atoms with E-state index in [9.17, 15) is 13.5 Å². The first-order valence-corrected chi connectivity index (χ1v) is 15.4. The van der Waals surface area contributed by atoms with Crippen LogP contribution in [0.2, 0.25) is 0 Å². The predicted octanol–water partition coefficient (Wildman–Crippen LogP) is 4.37. The summed E-state index contributed by atoms with van der Waals surface area (Å²) in [6.45, 7) is 2.26. The minimum Gasteiger partial charge on any atom is -0.392 e. The molecule has 0 unspecified atom stereocenters. The molecule has 2 heterocycles. The molecule has 0 bridgehead atoms. The van der Waals surface area contributed by atoms with Gasteiger partial charge >= 0.3 is 0 Å². The van der Waals surface area contributed by atoms with Gasteiger partial charge in [-0.15, -0.1) is 10.2 Å². The van der Waals surface area contributed by atoms with E-state index in [0.717, 1.165) is 27.4 Å². The molecule has 11 heteroatoms. The molecule has 4 aromatic rings. The highest BCUT2D eigenvalue weighted by Crippen LogP contribution is 2.42. The van der Waals surface area contributed by atoms with Crippen LogP contribution in [-0.2, 0) is 39.7 Å². The van der Waals surface area contributed by atoms with Crippen LogP contribution in [-0.4, -0.2) is 40.1 Å². The Morgan fingerprint density at radius 1 is 0.950 bits per heavy atom. The molecule has 0 saturated carbocycles. The molecule has 1 fully saturated rings. The van der Waals surface area contributed by atoms with Gasteiger partial charge in [-0.1, -0.05) is 85.4 Å². The van der Waals surface area contributed by atoms with E-state index in [2.05, 4.69) is 21.8 Å². The highest BCUT2D eigenvalue weighted by atomic mass is 32.2. The maximum absolute atomic E-state index is 12.6. The summed E-state index contributed by atoms with van der Waals surface area (Å²) in [4.78, 5) is 0.230. The molecule has 0 aliphatic carbocycles. The second kappa shape index (κ2) is 12.6. The molecule has 0 amide bonds. The number of hydrogen-bond acceptors (Lipinski definition) is 8. The summed E-state index contributed by atoms with van der Waals surface area (Å²) in [6.07, 6.45) is 0.694. The summed E-state index contributed by atoms with van der Waals surface area (Å²) in [5.74, 6) is 0.710. The largest absolute Gasteiger partial charge is 0.392 e. The summed E-state index contributed by atoms with van der Waals surface area (Å²) in [5.41, 5.74) is 3.51. The van der Waals surface area contributed by atoms with E-state index in [1.54, 1.807) is 48.4 Å². The number of nitrogens with zero attached hydrogens (tertiary/aromatic N) is 3. The zero-order chi connectivity index (χ0) is 28.1. The second-order valence-electron chi connectivity index (χ2n) is 9.74. The maximum atomic E-state index is 12.6. The normalized spacial score (nSPS) is 21.4. The molecule has 1 aliphatic heterocycles. The van der Waals surface area contributed by atoms with E-state index in [0.29, 0.717) is 5.75 Å². The van der Waals surface area contributed by atoms with Crippen LogP contribution in [0, 0.1) is 5.92 Å². The Kier molecular flexibility index (Phi) is 8.99. The van der Waals surface area contributed by atoms with Crippen LogP contribution < -0.4 is 4.72 Å². The van der Waals surface area contributed by atoms with Gasteiger partial charge in [0.2, 0.25) is 10.0 Å². The Morgan fingerprint density at radius 2 is 1.62 bits per heavy atom. The standard InChI is InChI=1S/C29H32N4O5S2/c1-20-26(18-39-29-32-30-19-33(29)2)37-28(38-27(20)23-12-10-22(17-34)11-13-23)24-14-8-21(9-15-24)16-31-40(35,36)25-6-4-3-5-7-25/h3-15,19-20,26-28,31,34H,16-18H2,1-2H3/t20-,26+,27+,28+/m1/s1. The lowest BCUT2D eigenvalue weighted by Crippen LogP contribution is -2.38. The third-order valence-corrected chi connectivity index (χ3v) is 9.48. The molecule has 3 aromatic carbocycles. The lowest BCUT2D eigenvalue weighted by atomic mass is 9.91. The van der Waals surface area contributed by atoms with Crippen molar-refractivity contribution in [1.82, 2.24) is 19.5 Å². The van der Waals surface area contributed by atoms with E-state index < -0.39 is 16.3 Å². The molecule has 0 radical (unpaired) electrons. The molecular formula is C29H32N4O5S2. The Balaban J connectivity index is 1.32. The second-order valence-corrected chi connectivity index (χ2v) is 12.5. The first-order valence-electron chi connectivity index (χ1n) is 12.9. The van der Waals surface area contributed by atoms with Gasteiger partial charge < -0.3 is 19.1 Å². The Labute approximate surface area is 238 Å². The highest BCUT2D eigenvalue weighted by Gasteiger charge is 2.38. The highest BCUT2D eigenvalue weighted by molar-refractivity contribution is 7.99. The van der Waals surface area contributed by atoms with Crippen molar-refractivity contribution in [2.24, 2.45) is 13.0 Å². The Bertz CT molecular complexity index is 1500. The van der Waals surface area contributed by atoms with Gasteiger partial charge in [0.15, 0.2) is 11.4 Å². The number of benzene rings is 3. The first-order chi connectivity index (χ1) is 19.3. The zero-order valence-electron chi connectivity index (χ0n) is 22.3. The summed E-state index contributed by atoms with van der Waals surface area (Å²) < 4.78 is 42.7. The molecule has 2 N–H and O–H groups in total. The van der Waals surface area contributed by atoms with Crippen molar-refractivity contribution in [3.8, 4) is 0 Å². The fourth-order valence-electron chi connectivity index (χ4n) is 4.52. The molecule has 0 spiro atoms. The van der Waals surface area contributed by atoms with Crippen LogP contribution in [0.25, 0.3) is 0 Å². The van der Waals surface area contributed by atoms with Gasteiger partial charge in [0.25, 0.3) is 0 Å². The van der Waals surface area contributed by atoms with Crippen LogP contribution in [0.1, 0.15) is 41.6 Å². The van der Waals surface area contributed by atoms with Gasteiger partial charge in [-0.3, -0.25) is 0 Å². The minimum atomic E-state index is -3.60. The number of hydrogen-bond donors (Lipinski definition) is 2. The molecule has 5 rings (SSSR count). The number of ether oxygens (including phenoxy) is 2. The lowest BCUT2D eigenvalue weighted by Gasteiger charge is -2.41. The molecule has 1 aromatic heterocycles. The van der Waals surface area contributed by atoms with Gasteiger partial charge in [-0.25, -0.2) is 13.1 Å². The third-order valence-electron chi connectivity index (χ3n) is 6.94. The summed E-state index contributed by atoms with van der Waals surface area (Å²) in [6, 6.07) is 23.7. The van der Waals surface area contributed by atoms with Gasteiger partial charge in [0.05, 0.1) is 23.7 Å². The van der Waals surface area contributed by atoms with Crippen molar-refractivity contribution in [3.63, 3.8) is 0 Å². The average molecular weight is 581 g/mol. The van der Waals surface area contributed by atoms with Gasteiger partial charge in [-0.05, 0) is 28.8 Å². The summed E-state index contributed by atoms with van der Waals surface area (Å²) >= 11 is 1.58. The number of sulfonamides is 1. The first kappa shape index (κ1) is 28.5. The van der Waals surface area contributed by atoms with Crippen LogP contribution in [0.3, 0.4) is 0 Å². The van der Waals surface area contributed by atoms with Crippen molar-refractivity contribution >= 4 is 21.8 Å². The minimum absolute atomic E-state index is 0.0160. The number of thioether (sulfide) groups is 1. The Hall–Kier alpha value is -3.06. The van der Waals surface area contributed by atoms with Gasteiger partial charge in [0.1, 0.15) is 6.33 Å². The van der Waals surface area contributed by atoms with Crippen LogP contribution >= 0.6 is 11.8 Å². The van der Waals surface area contributed by atoms with Crippen molar-refractivity contribution < 1.29 is 23.0 Å². The maximum Gasteiger partial charge on any atom is 0.240 e. The SMILES string of the molecule is C[C@@H]1[C@H](CSc2nncn2C)O[C@H](c2ccc(CNS(=O)(=O)c3ccccc3)cc2)O[C@@H]1c1ccc(CO)cc1. The molecule has 1 aliphatic rings. The van der Waals surface area contributed by atoms with E-state index in [1.807, 2.05) is 60.1 Å². The molecular weight excluding hydrogens is 548 g/mol. The van der Waals surface area contributed by atoms with Gasteiger partial charge in [0, 0.05) is 30.8 Å². The summed E-state index contributed by atoms with van der Waals surface area (Å²) in [5, 5.41) is 18.4. The Morgan fingerprint density at radius 3 is 2.27 bits per heavy atom. The number of aromatic nitrogens is 3. The zero-order valence-corrected chi connectivity index (χ0v) is 23.9. The van der Waals surface area contributed by atoms with Crippen molar-refractivity contribution in [2.75, 3.05) is 5.75 Å². The average Bonchev–Trinajstić information content (AvgIpc) is 3.40. The number of aryl methyl sites for hydroxylation is 1.